The van der Waals surface area contributed by atoms with E-state index in [1.54, 1.807) is 18.2 Å². The van der Waals surface area contributed by atoms with Crippen LogP contribution in [0.15, 0.2) is 60.7 Å². The first kappa shape index (κ1) is 23.7. The zero-order chi connectivity index (χ0) is 25.7. The first-order chi connectivity index (χ1) is 17.9. The molecule has 2 aliphatic rings. The zero-order valence-corrected chi connectivity index (χ0v) is 21.0. The van der Waals surface area contributed by atoms with Crippen LogP contribution >= 0.6 is 11.3 Å². The van der Waals surface area contributed by atoms with Gasteiger partial charge in [-0.2, -0.15) is 0 Å². The van der Waals surface area contributed by atoms with Crippen molar-refractivity contribution in [1.82, 2.24) is 15.6 Å². The number of carbonyl (C=O) groups excluding carboxylic acids is 2. The molecule has 2 aromatic carbocycles. The maximum absolute atomic E-state index is 14.0. The molecule has 3 atom stereocenters. The van der Waals surface area contributed by atoms with Crippen LogP contribution in [0.25, 0.3) is 21.3 Å². The Hall–Kier alpha value is -3.63. The Balaban J connectivity index is 1.51. The van der Waals surface area contributed by atoms with Crippen molar-refractivity contribution < 1.29 is 9.59 Å². The highest BCUT2D eigenvalue weighted by atomic mass is 32.1. The Labute approximate surface area is 218 Å². The summed E-state index contributed by atoms with van der Waals surface area (Å²) in [6, 6.07) is 17.6. The minimum atomic E-state index is -1.59. The van der Waals surface area contributed by atoms with Crippen LogP contribution in [0.3, 0.4) is 0 Å². The number of nitrogens with two attached hydrogens (primary N) is 3. The van der Waals surface area contributed by atoms with Crippen molar-refractivity contribution in [2.45, 2.75) is 30.5 Å². The van der Waals surface area contributed by atoms with Gasteiger partial charge in [0.15, 0.2) is 5.78 Å². The average Bonchev–Trinajstić information content (AvgIpc) is 3.34. The molecule has 1 aliphatic carbocycles. The number of Topliss-reactive ketones (excluding diaryl/α,β-unsaturated/α-hetero) is 1. The van der Waals surface area contributed by atoms with Crippen molar-refractivity contribution in [3.63, 3.8) is 0 Å². The number of carbonyl (C=O) groups is 2. The molecule has 0 radical (unpaired) electrons. The van der Waals surface area contributed by atoms with E-state index in [0.717, 1.165) is 24.9 Å². The zero-order valence-electron chi connectivity index (χ0n) is 20.2. The van der Waals surface area contributed by atoms with Gasteiger partial charge >= 0.3 is 0 Å². The van der Waals surface area contributed by atoms with Crippen molar-refractivity contribution in [1.29, 1.82) is 0 Å². The van der Waals surface area contributed by atoms with Crippen LogP contribution in [0.4, 0.5) is 5.69 Å². The second-order valence-corrected chi connectivity index (χ2v) is 10.7. The number of nitrogen functional groups attached to an aromatic ring is 1. The first-order valence-electron chi connectivity index (χ1n) is 12.4. The molecule has 1 saturated heterocycles. The lowest BCUT2D eigenvalue weighted by atomic mass is 9.72. The van der Waals surface area contributed by atoms with Crippen LogP contribution in [-0.4, -0.2) is 35.8 Å². The fraction of sp³-hybridized carbons (Fsp3) is 0.250. The number of nitrogens with zero attached hydrogens (tertiary/aromatic N) is 1. The maximum Gasteiger partial charge on any atom is 0.262 e. The van der Waals surface area contributed by atoms with Gasteiger partial charge in [-0.1, -0.05) is 42.5 Å². The molecule has 1 amide bonds. The lowest BCUT2D eigenvalue weighted by Crippen LogP contribution is -2.53. The van der Waals surface area contributed by atoms with E-state index in [1.807, 2.05) is 42.5 Å². The Morgan fingerprint density at radius 3 is 2.68 bits per heavy atom. The van der Waals surface area contributed by atoms with Crippen molar-refractivity contribution in [2.24, 2.45) is 11.5 Å². The van der Waals surface area contributed by atoms with Crippen LogP contribution < -0.4 is 27.8 Å². The standard InChI is InChI=1S/C28H28N6O2S/c29-18-12-11-17-21-22(25(37-24(18)21)27(36)33-16-8-5-13-32-14-16)23(30)26(35)28(17,31)20-10-4-9-19(34-20)15-6-2-1-3-7-15/h1-4,6-7,9-12,16,23,32H,5,8,13-14,29-31H2,(H,33,36). The average molecular weight is 513 g/mol. The van der Waals surface area contributed by atoms with Gasteiger partial charge in [0, 0.05) is 34.8 Å². The van der Waals surface area contributed by atoms with Gasteiger partial charge < -0.3 is 27.8 Å². The minimum Gasteiger partial charge on any atom is -0.398 e. The fourth-order valence-electron chi connectivity index (χ4n) is 5.46. The Kier molecular flexibility index (Phi) is 5.80. The first-order valence-corrected chi connectivity index (χ1v) is 13.2. The summed E-state index contributed by atoms with van der Waals surface area (Å²) in [6.07, 6.45) is 1.89. The Morgan fingerprint density at radius 1 is 1.11 bits per heavy atom. The van der Waals surface area contributed by atoms with Gasteiger partial charge in [0.1, 0.15) is 5.54 Å². The summed E-state index contributed by atoms with van der Waals surface area (Å²) < 4.78 is 0.705. The molecule has 9 heteroatoms. The highest BCUT2D eigenvalue weighted by Gasteiger charge is 2.49. The molecular weight excluding hydrogens is 484 g/mol. The van der Waals surface area contributed by atoms with Crippen LogP contribution in [0.2, 0.25) is 0 Å². The predicted molar refractivity (Wildman–Crippen MR) is 146 cm³/mol. The largest absolute Gasteiger partial charge is 0.398 e. The molecule has 188 valence electrons. The summed E-state index contributed by atoms with van der Waals surface area (Å²) in [5, 5.41) is 7.09. The van der Waals surface area contributed by atoms with Gasteiger partial charge in [-0.15, -0.1) is 11.3 Å². The number of pyridine rings is 1. The Bertz CT molecular complexity index is 1530. The molecule has 4 aromatic rings. The van der Waals surface area contributed by atoms with Gasteiger partial charge in [-0.05, 0) is 43.1 Å². The summed E-state index contributed by atoms with van der Waals surface area (Å²) in [6.45, 7) is 1.65. The molecule has 8 nitrogen and oxygen atoms in total. The molecule has 1 aliphatic heterocycles. The monoisotopic (exact) mass is 512 g/mol. The van der Waals surface area contributed by atoms with Crippen molar-refractivity contribution >= 4 is 38.8 Å². The number of piperidine rings is 1. The molecule has 8 N–H and O–H groups in total. The highest BCUT2D eigenvalue weighted by molar-refractivity contribution is 7.21. The van der Waals surface area contributed by atoms with Crippen molar-refractivity contribution in [2.75, 3.05) is 18.8 Å². The molecule has 6 rings (SSSR count). The highest BCUT2D eigenvalue weighted by Crippen LogP contribution is 2.49. The molecule has 0 saturated carbocycles. The molecule has 3 heterocycles. The molecule has 0 spiro atoms. The Morgan fingerprint density at radius 2 is 1.92 bits per heavy atom. The van der Waals surface area contributed by atoms with Gasteiger partial charge in [0.25, 0.3) is 5.91 Å². The number of nitrogens with one attached hydrogen (secondary N) is 2. The van der Waals surface area contributed by atoms with E-state index in [1.165, 1.54) is 11.3 Å². The van der Waals surface area contributed by atoms with E-state index in [-0.39, 0.29) is 11.9 Å². The van der Waals surface area contributed by atoms with E-state index in [4.69, 9.17) is 22.2 Å². The molecule has 2 aromatic heterocycles. The maximum atomic E-state index is 14.0. The van der Waals surface area contributed by atoms with E-state index in [2.05, 4.69) is 10.6 Å². The summed E-state index contributed by atoms with van der Waals surface area (Å²) >= 11 is 1.26. The van der Waals surface area contributed by atoms with Crippen LogP contribution in [0.1, 0.15) is 45.4 Å². The fourth-order valence-corrected chi connectivity index (χ4v) is 6.67. The smallest absolute Gasteiger partial charge is 0.262 e. The molecular formula is C28H28N6O2S. The quantitative estimate of drug-likeness (QED) is 0.264. The number of benzene rings is 2. The number of thiophene rings is 1. The van der Waals surface area contributed by atoms with Gasteiger partial charge in [0.2, 0.25) is 0 Å². The third-order valence-electron chi connectivity index (χ3n) is 7.37. The predicted octanol–water partition coefficient (Wildman–Crippen LogP) is 2.81. The lowest BCUT2D eigenvalue weighted by molar-refractivity contribution is -0.124. The van der Waals surface area contributed by atoms with E-state index in [0.29, 0.717) is 49.7 Å². The van der Waals surface area contributed by atoms with Crippen molar-refractivity contribution in [3.05, 3.63) is 82.4 Å². The summed E-state index contributed by atoms with van der Waals surface area (Å²) in [4.78, 5) is 32.6. The summed E-state index contributed by atoms with van der Waals surface area (Å²) in [5.41, 5.74) is 21.9. The van der Waals surface area contributed by atoms with Gasteiger partial charge in [-0.3, -0.25) is 14.6 Å². The van der Waals surface area contributed by atoms with Crippen LogP contribution in [-0.2, 0) is 10.3 Å². The van der Waals surface area contributed by atoms with E-state index < -0.39 is 17.4 Å². The lowest BCUT2D eigenvalue weighted by Gasteiger charge is -2.36. The number of rotatable bonds is 4. The summed E-state index contributed by atoms with van der Waals surface area (Å²) in [7, 11) is 0. The molecule has 1 fully saturated rings. The number of hydrogen-bond acceptors (Lipinski definition) is 8. The minimum absolute atomic E-state index is 0.0181. The molecule has 3 unspecified atom stereocenters. The van der Waals surface area contributed by atoms with E-state index in [9.17, 15) is 9.59 Å². The number of ketones is 1. The van der Waals surface area contributed by atoms with Crippen LogP contribution in [0, 0.1) is 0 Å². The summed E-state index contributed by atoms with van der Waals surface area (Å²) in [5.74, 6) is -0.650. The molecule has 0 bridgehead atoms. The number of aromatic nitrogens is 1. The number of anilines is 1. The van der Waals surface area contributed by atoms with Crippen molar-refractivity contribution in [3.8, 4) is 11.3 Å². The number of hydrogen-bond donors (Lipinski definition) is 5. The topological polar surface area (TPSA) is 149 Å². The third kappa shape index (κ3) is 3.74. The van der Waals surface area contributed by atoms with Gasteiger partial charge in [-0.25, -0.2) is 0 Å². The normalized spacial score (nSPS) is 23.2. The van der Waals surface area contributed by atoms with Crippen LogP contribution in [0.5, 0.6) is 0 Å². The second-order valence-electron chi connectivity index (χ2n) is 9.69. The molecule has 37 heavy (non-hydrogen) atoms. The van der Waals surface area contributed by atoms with Gasteiger partial charge in [0.05, 0.1) is 27.0 Å². The van der Waals surface area contributed by atoms with E-state index >= 15 is 0 Å². The second kappa shape index (κ2) is 9.04. The SMILES string of the molecule is Nc1ccc2c3c(c(C(=O)NC4CCCNC4)sc13)C(N)C(=O)C2(N)c1cccc(-c2ccccc2)n1. The third-order valence-corrected chi connectivity index (χ3v) is 8.63. The number of amides is 1.